The van der Waals surface area contributed by atoms with Crippen LogP contribution in [0, 0.1) is 32.1 Å². The van der Waals surface area contributed by atoms with E-state index in [0.29, 0.717) is 24.1 Å². The molecule has 0 aliphatic rings. The zero-order valence-corrected chi connectivity index (χ0v) is 11.1. The summed E-state index contributed by atoms with van der Waals surface area (Å²) in [6.45, 7) is 6.75. The lowest BCUT2D eigenvalue weighted by molar-refractivity contribution is -0.393. The summed E-state index contributed by atoms with van der Waals surface area (Å²) in [5.41, 5.74) is -0.248. The summed E-state index contributed by atoms with van der Waals surface area (Å²) in [6.07, 6.45) is 0. The van der Waals surface area contributed by atoms with Crippen LogP contribution in [0.4, 0.5) is 17.1 Å². The number of non-ortho nitro benzene ring substituents is 1. The molecular formula is C12H17N3O4. The zero-order chi connectivity index (χ0) is 14.6. The monoisotopic (exact) mass is 267 g/mol. The number of nitro benzene ring substituents is 2. The smallest absolute Gasteiger partial charge is 0.299 e. The van der Waals surface area contributed by atoms with Crippen LogP contribution in [0.15, 0.2) is 18.2 Å². The first-order chi connectivity index (χ1) is 8.82. The third-order valence-electron chi connectivity index (χ3n) is 3.14. The number of nitro groups is 2. The van der Waals surface area contributed by atoms with Crippen molar-refractivity contribution in [3.05, 3.63) is 38.4 Å². The molecule has 0 saturated carbocycles. The van der Waals surface area contributed by atoms with Crippen molar-refractivity contribution in [2.24, 2.45) is 11.8 Å². The Bertz CT molecular complexity index is 488. The molecule has 104 valence electrons. The first-order valence-corrected chi connectivity index (χ1v) is 5.99. The Morgan fingerprint density at radius 1 is 1.16 bits per heavy atom. The van der Waals surface area contributed by atoms with Gasteiger partial charge in [0.25, 0.3) is 11.4 Å². The molecule has 0 spiro atoms. The van der Waals surface area contributed by atoms with Crippen LogP contribution in [0.25, 0.3) is 0 Å². The summed E-state index contributed by atoms with van der Waals surface area (Å²) >= 11 is 0. The minimum atomic E-state index is -0.645. The second-order valence-corrected chi connectivity index (χ2v) is 4.82. The van der Waals surface area contributed by atoms with Crippen molar-refractivity contribution >= 4 is 17.1 Å². The molecule has 0 amide bonds. The van der Waals surface area contributed by atoms with E-state index in [1.807, 2.05) is 6.92 Å². The predicted molar refractivity (Wildman–Crippen MR) is 72.2 cm³/mol. The summed E-state index contributed by atoms with van der Waals surface area (Å²) in [4.78, 5) is 20.3. The third-order valence-corrected chi connectivity index (χ3v) is 3.14. The van der Waals surface area contributed by atoms with Gasteiger partial charge in [-0.2, -0.15) is 0 Å². The molecule has 1 atom stereocenters. The van der Waals surface area contributed by atoms with Gasteiger partial charge in [0.1, 0.15) is 5.69 Å². The Kier molecular flexibility index (Phi) is 4.80. The van der Waals surface area contributed by atoms with Crippen LogP contribution in [-0.2, 0) is 0 Å². The van der Waals surface area contributed by atoms with Crippen molar-refractivity contribution in [2.45, 2.75) is 20.8 Å². The lowest BCUT2D eigenvalue weighted by atomic mass is 9.98. The first kappa shape index (κ1) is 14.9. The fourth-order valence-corrected chi connectivity index (χ4v) is 1.44. The summed E-state index contributed by atoms with van der Waals surface area (Å²) in [5.74, 6) is 0.791. The largest absolute Gasteiger partial charge is 0.379 e. The SMILES string of the molecule is CC(C)C(C)CNc1ccc([N+](=O)[O-])cc1[N+](=O)[O-]. The Balaban J connectivity index is 2.94. The predicted octanol–water partition coefficient (Wildman–Crippen LogP) is 3.21. The Morgan fingerprint density at radius 2 is 1.79 bits per heavy atom. The standard InChI is InChI=1S/C12H17N3O4/c1-8(2)9(3)7-13-11-5-4-10(14(16)17)6-12(11)15(18)19/h4-6,8-9,13H,7H2,1-3H3. The van der Waals surface area contributed by atoms with Crippen LogP contribution < -0.4 is 5.32 Å². The van der Waals surface area contributed by atoms with E-state index in [1.54, 1.807) is 0 Å². The maximum atomic E-state index is 10.9. The van der Waals surface area contributed by atoms with Gasteiger partial charge in [-0.3, -0.25) is 20.2 Å². The molecule has 0 aliphatic heterocycles. The lowest BCUT2D eigenvalue weighted by Crippen LogP contribution is -2.16. The van der Waals surface area contributed by atoms with E-state index in [-0.39, 0.29) is 11.4 Å². The highest BCUT2D eigenvalue weighted by atomic mass is 16.6. The third kappa shape index (κ3) is 3.90. The maximum absolute atomic E-state index is 10.9. The molecule has 0 saturated heterocycles. The normalized spacial score (nSPS) is 12.2. The highest BCUT2D eigenvalue weighted by Gasteiger charge is 2.19. The molecule has 1 aromatic rings. The van der Waals surface area contributed by atoms with E-state index in [2.05, 4.69) is 19.2 Å². The number of rotatable bonds is 6. The molecule has 0 heterocycles. The second kappa shape index (κ2) is 6.12. The van der Waals surface area contributed by atoms with E-state index < -0.39 is 9.85 Å². The van der Waals surface area contributed by atoms with Crippen LogP contribution in [0.3, 0.4) is 0 Å². The van der Waals surface area contributed by atoms with E-state index >= 15 is 0 Å². The number of hydrogen-bond acceptors (Lipinski definition) is 5. The molecule has 0 aliphatic carbocycles. The van der Waals surface area contributed by atoms with Crippen molar-refractivity contribution in [2.75, 3.05) is 11.9 Å². The number of anilines is 1. The van der Waals surface area contributed by atoms with Crippen LogP contribution in [-0.4, -0.2) is 16.4 Å². The van der Waals surface area contributed by atoms with Crippen LogP contribution in [0.1, 0.15) is 20.8 Å². The second-order valence-electron chi connectivity index (χ2n) is 4.82. The summed E-state index contributed by atoms with van der Waals surface area (Å²) in [7, 11) is 0. The fraction of sp³-hybridized carbons (Fsp3) is 0.500. The van der Waals surface area contributed by atoms with Crippen molar-refractivity contribution in [3.8, 4) is 0 Å². The molecule has 1 aromatic carbocycles. The topological polar surface area (TPSA) is 98.3 Å². The fourth-order valence-electron chi connectivity index (χ4n) is 1.44. The average molecular weight is 267 g/mol. The number of benzene rings is 1. The molecule has 1 N–H and O–H groups in total. The Morgan fingerprint density at radius 3 is 2.26 bits per heavy atom. The van der Waals surface area contributed by atoms with Gasteiger partial charge in [0.05, 0.1) is 15.9 Å². The molecule has 0 radical (unpaired) electrons. The van der Waals surface area contributed by atoms with Gasteiger partial charge < -0.3 is 5.32 Å². The number of nitrogens with one attached hydrogen (secondary N) is 1. The average Bonchev–Trinajstić information content (AvgIpc) is 2.35. The molecule has 0 aromatic heterocycles. The molecule has 1 rings (SSSR count). The maximum Gasteiger partial charge on any atom is 0.299 e. The van der Waals surface area contributed by atoms with Crippen LogP contribution in [0.2, 0.25) is 0 Å². The number of hydrogen-bond donors (Lipinski definition) is 1. The van der Waals surface area contributed by atoms with Crippen LogP contribution >= 0.6 is 0 Å². The number of nitrogens with zero attached hydrogens (tertiary/aromatic N) is 2. The minimum absolute atomic E-state index is 0.273. The van der Waals surface area contributed by atoms with Gasteiger partial charge >= 0.3 is 0 Å². The van der Waals surface area contributed by atoms with E-state index in [1.165, 1.54) is 12.1 Å². The highest BCUT2D eigenvalue weighted by Crippen LogP contribution is 2.29. The molecule has 0 bridgehead atoms. The Hall–Kier alpha value is -2.18. The molecule has 7 heteroatoms. The lowest BCUT2D eigenvalue weighted by Gasteiger charge is -2.16. The van der Waals surface area contributed by atoms with Gasteiger partial charge in [0, 0.05) is 12.6 Å². The van der Waals surface area contributed by atoms with Gasteiger partial charge in [-0.25, -0.2) is 0 Å². The van der Waals surface area contributed by atoms with Gasteiger partial charge in [-0.05, 0) is 17.9 Å². The molecular weight excluding hydrogens is 250 g/mol. The Labute approximate surface area is 110 Å². The summed E-state index contributed by atoms with van der Waals surface area (Å²) in [6, 6.07) is 3.61. The van der Waals surface area contributed by atoms with Crippen molar-refractivity contribution in [1.82, 2.24) is 0 Å². The van der Waals surface area contributed by atoms with Crippen molar-refractivity contribution < 1.29 is 9.85 Å². The highest BCUT2D eigenvalue weighted by molar-refractivity contribution is 5.65. The van der Waals surface area contributed by atoms with Gasteiger partial charge in [0.2, 0.25) is 0 Å². The van der Waals surface area contributed by atoms with E-state index in [9.17, 15) is 20.2 Å². The first-order valence-electron chi connectivity index (χ1n) is 5.99. The van der Waals surface area contributed by atoms with Gasteiger partial charge in [-0.1, -0.05) is 20.8 Å². The van der Waals surface area contributed by atoms with Gasteiger partial charge in [0.15, 0.2) is 0 Å². The molecule has 0 fully saturated rings. The molecule has 1 unspecified atom stereocenters. The van der Waals surface area contributed by atoms with Crippen molar-refractivity contribution in [1.29, 1.82) is 0 Å². The van der Waals surface area contributed by atoms with E-state index in [0.717, 1.165) is 6.07 Å². The minimum Gasteiger partial charge on any atom is -0.379 e. The molecule has 7 nitrogen and oxygen atoms in total. The zero-order valence-electron chi connectivity index (χ0n) is 11.1. The molecule has 19 heavy (non-hydrogen) atoms. The van der Waals surface area contributed by atoms with E-state index in [4.69, 9.17) is 0 Å². The van der Waals surface area contributed by atoms with Crippen molar-refractivity contribution in [3.63, 3.8) is 0 Å². The summed E-state index contributed by atoms with van der Waals surface area (Å²) in [5, 5.41) is 24.5. The quantitative estimate of drug-likeness (QED) is 0.630. The van der Waals surface area contributed by atoms with Crippen LogP contribution in [0.5, 0.6) is 0 Å². The van der Waals surface area contributed by atoms with Gasteiger partial charge in [-0.15, -0.1) is 0 Å². The summed E-state index contributed by atoms with van der Waals surface area (Å²) < 4.78 is 0.